The summed E-state index contributed by atoms with van der Waals surface area (Å²) >= 11 is 2.23. The number of hydrogen-bond donors (Lipinski definition) is 2. The molecule has 0 fully saturated rings. The summed E-state index contributed by atoms with van der Waals surface area (Å²) in [6.45, 7) is 4.19. The van der Waals surface area contributed by atoms with Crippen molar-refractivity contribution in [1.82, 2.24) is 0 Å². The SMILES string of the molecule is CC(C)Nc1cccc(I)c1N. The van der Waals surface area contributed by atoms with Crippen molar-refractivity contribution in [2.45, 2.75) is 19.9 Å². The van der Waals surface area contributed by atoms with E-state index in [0.29, 0.717) is 6.04 Å². The van der Waals surface area contributed by atoms with Crippen molar-refractivity contribution in [3.05, 3.63) is 21.8 Å². The van der Waals surface area contributed by atoms with Crippen LogP contribution in [0, 0.1) is 3.57 Å². The van der Waals surface area contributed by atoms with E-state index in [9.17, 15) is 0 Å². The maximum atomic E-state index is 5.86. The Balaban J connectivity index is 2.92. The van der Waals surface area contributed by atoms with Gasteiger partial charge in [-0.05, 0) is 48.6 Å². The van der Waals surface area contributed by atoms with Gasteiger partial charge in [0.25, 0.3) is 0 Å². The molecule has 1 rings (SSSR count). The molecular weight excluding hydrogens is 263 g/mol. The zero-order chi connectivity index (χ0) is 9.14. The van der Waals surface area contributed by atoms with Gasteiger partial charge in [-0.3, -0.25) is 0 Å². The molecule has 0 saturated heterocycles. The van der Waals surface area contributed by atoms with Gasteiger partial charge < -0.3 is 11.1 Å². The molecule has 0 radical (unpaired) electrons. The molecule has 66 valence electrons. The third-order valence-corrected chi connectivity index (χ3v) is 2.44. The van der Waals surface area contributed by atoms with Gasteiger partial charge in [-0.1, -0.05) is 6.07 Å². The van der Waals surface area contributed by atoms with Crippen LogP contribution in [0.2, 0.25) is 0 Å². The third-order valence-electron chi connectivity index (χ3n) is 1.50. The van der Waals surface area contributed by atoms with Crippen LogP contribution in [0.5, 0.6) is 0 Å². The van der Waals surface area contributed by atoms with Crippen LogP contribution in [0.4, 0.5) is 11.4 Å². The first-order valence-corrected chi connectivity index (χ1v) is 4.99. The predicted molar refractivity (Wildman–Crippen MR) is 62.3 cm³/mol. The summed E-state index contributed by atoms with van der Waals surface area (Å²) in [6.07, 6.45) is 0. The average molecular weight is 276 g/mol. The number of hydrogen-bond acceptors (Lipinski definition) is 2. The maximum absolute atomic E-state index is 5.86. The van der Waals surface area contributed by atoms with E-state index in [1.54, 1.807) is 0 Å². The number of nitrogens with two attached hydrogens (primary N) is 1. The number of benzene rings is 1. The van der Waals surface area contributed by atoms with Gasteiger partial charge in [0.1, 0.15) is 0 Å². The van der Waals surface area contributed by atoms with Crippen LogP contribution in [-0.2, 0) is 0 Å². The molecule has 3 heteroatoms. The Bertz CT molecular complexity index is 271. The van der Waals surface area contributed by atoms with Crippen LogP contribution < -0.4 is 11.1 Å². The lowest BCUT2D eigenvalue weighted by Gasteiger charge is -2.12. The molecule has 12 heavy (non-hydrogen) atoms. The Morgan fingerprint density at radius 1 is 1.42 bits per heavy atom. The number of nitrogens with one attached hydrogen (secondary N) is 1. The van der Waals surface area contributed by atoms with Gasteiger partial charge in [0, 0.05) is 9.61 Å². The van der Waals surface area contributed by atoms with Crippen LogP contribution >= 0.6 is 22.6 Å². The van der Waals surface area contributed by atoms with Crippen LogP contribution in [0.25, 0.3) is 0 Å². The zero-order valence-corrected chi connectivity index (χ0v) is 9.42. The van der Waals surface area contributed by atoms with E-state index in [1.165, 1.54) is 0 Å². The van der Waals surface area contributed by atoms with Crippen molar-refractivity contribution in [3.63, 3.8) is 0 Å². The van der Waals surface area contributed by atoms with Crippen molar-refractivity contribution in [2.24, 2.45) is 0 Å². The van der Waals surface area contributed by atoms with Crippen molar-refractivity contribution >= 4 is 34.0 Å². The summed E-state index contributed by atoms with van der Waals surface area (Å²) in [5.74, 6) is 0. The van der Waals surface area contributed by atoms with Crippen molar-refractivity contribution in [2.75, 3.05) is 11.1 Å². The lowest BCUT2D eigenvalue weighted by atomic mass is 10.2. The van der Waals surface area contributed by atoms with Crippen LogP contribution in [0.3, 0.4) is 0 Å². The van der Waals surface area contributed by atoms with Crippen LogP contribution in [0.1, 0.15) is 13.8 Å². The third kappa shape index (κ3) is 2.27. The second-order valence-corrected chi connectivity index (χ2v) is 4.16. The zero-order valence-electron chi connectivity index (χ0n) is 7.26. The quantitative estimate of drug-likeness (QED) is 0.643. The summed E-state index contributed by atoms with van der Waals surface area (Å²) in [6, 6.07) is 6.42. The van der Waals surface area contributed by atoms with Gasteiger partial charge in [0.2, 0.25) is 0 Å². The van der Waals surface area contributed by atoms with Gasteiger partial charge in [-0.25, -0.2) is 0 Å². The molecule has 1 aromatic rings. The molecule has 3 N–H and O–H groups in total. The Kier molecular flexibility index (Phi) is 3.20. The van der Waals surface area contributed by atoms with E-state index in [0.717, 1.165) is 14.9 Å². The Labute approximate surface area is 86.7 Å². The van der Waals surface area contributed by atoms with Crippen molar-refractivity contribution in [1.29, 1.82) is 0 Å². The molecule has 0 aliphatic carbocycles. The molecule has 0 amide bonds. The predicted octanol–water partition coefficient (Wildman–Crippen LogP) is 2.69. The molecule has 1 aromatic carbocycles. The van der Waals surface area contributed by atoms with Gasteiger partial charge in [0.05, 0.1) is 11.4 Å². The highest BCUT2D eigenvalue weighted by Crippen LogP contribution is 2.24. The van der Waals surface area contributed by atoms with Crippen molar-refractivity contribution < 1.29 is 0 Å². The summed E-state index contributed by atoms with van der Waals surface area (Å²) in [5.41, 5.74) is 7.73. The minimum absolute atomic E-state index is 0.422. The highest BCUT2D eigenvalue weighted by Gasteiger charge is 2.02. The molecule has 0 aromatic heterocycles. The van der Waals surface area contributed by atoms with Gasteiger partial charge in [0.15, 0.2) is 0 Å². The standard InChI is InChI=1S/C9H13IN2/c1-6(2)12-8-5-3-4-7(10)9(8)11/h3-6,12H,11H2,1-2H3. The van der Waals surface area contributed by atoms with Crippen LogP contribution in [0.15, 0.2) is 18.2 Å². The van der Waals surface area contributed by atoms with E-state index >= 15 is 0 Å². The summed E-state index contributed by atoms with van der Waals surface area (Å²) in [7, 11) is 0. The molecule has 2 nitrogen and oxygen atoms in total. The number of halogens is 1. The minimum Gasteiger partial charge on any atom is -0.396 e. The molecular formula is C9H13IN2. The first-order valence-electron chi connectivity index (χ1n) is 3.92. The Morgan fingerprint density at radius 2 is 2.08 bits per heavy atom. The summed E-state index contributed by atoms with van der Waals surface area (Å²) in [5, 5.41) is 3.28. The number of rotatable bonds is 2. The fourth-order valence-electron chi connectivity index (χ4n) is 0.974. The molecule has 0 saturated carbocycles. The minimum atomic E-state index is 0.422. The normalized spacial score (nSPS) is 10.3. The smallest absolute Gasteiger partial charge is 0.0685 e. The summed E-state index contributed by atoms with van der Waals surface area (Å²) in [4.78, 5) is 0. The monoisotopic (exact) mass is 276 g/mol. The Morgan fingerprint density at radius 3 is 2.67 bits per heavy atom. The first kappa shape index (κ1) is 9.64. The van der Waals surface area contributed by atoms with Gasteiger partial charge >= 0.3 is 0 Å². The highest BCUT2D eigenvalue weighted by atomic mass is 127. The Hall–Kier alpha value is -0.450. The second kappa shape index (κ2) is 3.98. The van der Waals surface area contributed by atoms with Crippen molar-refractivity contribution in [3.8, 4) is 0 Å². The topological polar surface area (TPSA) is 38.0 Å². The molecule has 0 heterocycles. The van der Waals surface area contributed by atoms with E-state index in [-0.39, 0.29) is 0 Å². The van der Waals surface area contributed by atoms with Gasteiger partial charge in [-0.2, -0.15) is 0 Å². The molecule has 0 aliphatic rings. The number of anilines is 2. The number of para-hydroxylation sites is 1. The molecule has 0 spiro atoms. The second-order valence-electron chi connectivity index (χ2n) is 3.00. The van der Waals surface area contributed by atoms with E-state index in [1.807, 2.05) is 18.2 Å². The first-order chi connectivity index (χ1) is 5.61. The number of nitrogen functional groups attached to an aromatic ring is 1. The average Bonchev–Trinajstić information content (AvgIpc) is 1.98. The highest BCUT2D eigenvalue weighted by molar-refractivity contribution is 14.1. The van der Waals surface area contributed by atoms with E-state index in [2.05, 4.69) is 41.8 Å². The largest absolute Gasteiger partial charge is 0.396 e. The summed E-state index contributed by atoms with van der Waals surface area (Å²) < 4.78 is 1.10. The molecule has 0 atom stereocenters. The van der Waals surface area contributed by atoms with Crippen LogP contribution in [-0.4, -0.2) is 6.04 Å². The molecule has 0 bridgehead atoms. The fourth-order valence-corrected chi connectivity index (χ4v) is 1.47. The molecule has 0 aliphatic heterocycles. The van der Waals surface area contributed by atoms with Gasteiger partial charge in [-0.15, -0.1) is 0 Å². The van der Waals surface area contributed by atoms with E-state index in [4.69, 9.17) is 5.73 Å². The lowest BCUT2D eigenvalue weighted by Crippen LogP contribution is -2.11. The van der Waals surface area contributed by atoms with E-state index < -0.39 is 0 Å². The maximum Gasteiger partial charge on any atom is 0.0685 e. The molecule has 0 unspecified atom stereocenters. The fraction of sp³-hybridized carbons (Fsp3) is 0.333. The lowest BCUT2D eigenvalue weighted by molar-refractivity contribution is 0.900.